The molecule has 92 valence electrons. The minimum absolute atomic E-state index is 0.122. The van der Waals surface area contributed by atoms with Crippen LogP contribution in [0.3, 0.4) is 0 Å². The van der Waals surface area contributed by atoms with Gasteiger partial charge >= 0.3 is 5.97 Å². The maximum Gasteiger partial charge on any atom is 0.333 e. The van der Waals surface area contributed by atoms with E-state index < -0.39 is 24.0 Å². The number of aliphatic hydroxyl groups excluding tert-OH is 1. The summed E-state index contributed by atoms with van der Waals surface area (Å²) in [5, 5.41) is 9.82. The van der Waals surface area contributed by atoms with Crippen LogP contribution < -0.4 is 0 Å². The zero-order valence-electron chi connectivity index (χ0n) is 9.86. The zero-order valence-corrected chi connectivity index (χ0v) is 9.86. The standard InChI is InChI=1S/C11H18O5/c1-7(10(13)14-4)5-8(12)9-6-15-11(2,3)16-9/h8-9,12H,1,5-6H2,2-4H3/t8?,9-/m1/s1. The van der Waals surface area contributed by atoms with Gasteiger partial charge in [0, 0.05) is 12.0 Å². The highest BCUT2D eigenvalue weighted by Gasteiger charge is 2.37. The summed E-state index contributed by atoms with van der Waals surface area (Å²) in [6.45, 7) is 7.40. The Bertz CT molecular complexity index is 284. The van der Waals surface area contributed by atoms with E-state index in [-0.39, 0.29) is 12.0 Å². The Morgan fingerprint density at radius 1 is 1.69 bits per heavy atom. The summed E-state index contributed by atoms with van der Waals surface area (Å²) < 4.78 is 15.3. The first kappa shape index (κ1) is 13.2. The molecular weight excluding hydrogens is 212 g/mol. The number of carbonyl (C=O) groups excluding carboxylic acids is 1. The predicted octanol–water partition coefficient (Wildman–Crippen LogP) is 0.618. The predicted molar refractivity (Wildman–Crippen MR) is 56.7 cm³/mol. The number of hydrogen-bond donors (Lipinski definition) is 1. The molecular formula is C11H18O5. The molecule has 1 aliphatic rings. The lowest BCUT2D eigenvalue weighted by Crippen LogP contribution is -2.31. The first-order chi connectivity index (χ1) is 7.35. The van der Waals surface area contributed by atoms with Gasteiger partial charge < -0.3 is 19.3 Å². The van der Waals surface area contributed by atoms with Gasteiger partial charge in [0.1, 0.15) is 6.10 Å². The van der Waals surface area contributed by atoms with Gasteiger partial charge in [-0.3, -0.25) is 0 Å². The number of ether oxygens (including phenoxy) is 3. The van der Waals surface area contributed by atoms with Gasteiger partial charge in [0.15, 0.2) is 5.79 Å². The van der Waals surface area contributed by atoms with Crippen molar-refractivity contribution in [3.63, 3.8) is 0 Å². The average Bonchev–Trinajstić information content (AvgIpc) is 2.57. The SMILES string of the molecule is C=C(CC(O)[C@H]1COC(C)(C)O1)C(=O)OC. The van der Waals surface area contributed by atoms with E-state index in [0.29, 0.717) is 6.61 Å². The summed E-state index contributed by atoms with van der Waals surface area (Å²) in [6, 6.07) is 0. The molecule has 0 amide bonds. The number of rotatable bonds is 4. The Morgan fingerprint density at radius 2 is 2.31 bits per heavy atom. The van der Waals surface area contributed by atoms with Gasteiger partial charge in [-0.2, -0.15) is 0 Å². The van der Waals surface area contributed by atoms with E-state index in [1.807, 2.05) is 0 Å². The minimum Gasteiger partial charge on any atom is -0.466 e. The van der Waals surface area contributed by atoms with Crippen molar-refractivity contribution < 1.29 is 24.1 Å². The number of methoxy groups -OCH3 is 1. The van der Waals surface area contributed by atoms with Crippen LogP contribution >= 0.6 is 0 Å². The van der Waals surface area contributed by atoms with E-state index in [1.54, 1.807) is 13.8 Å². The zero-order chi connectivity index (χ0) is 12.3. The molecule has 0 aromatic carbocycles. The van der Waals surface area contributed by atoms with Gasteiger partial charge in [0.05, 0.1) is 19.8 Å². The van der Waals surface area contributed by atoms with Crippen LogP contribution in [0.2, 0.25) is 0 Å². The molecule has 0 saturated carbocycles. The quantitative estimate of drug-likeness (QED) is 0.566. The summed E-state index contributed by atoms with van der Waals surface area (Å²) in [4.78, 5) is 11.1. The highest BCUT2D eigenvalue weighted by atomic mass is 16.7. The van der Waals surface area contributed by atoms with E-state index in [9.17, 15) is 9.90 Å². The molecule has 16 heavy (non-hydrogen) atoms. The van der Waals surface area contributed by atoms with Crippen molar-refractivity contribution in [2.24, 2.45) is 0 Å². The van der Waals surface area contributed by atoms with Crippen LogP contribution in [0.15, 0.2) is 12.2 Å². The Morgan fingerprint density at radius 3 is 2.75 bits per heavy atom. The first-order valence-electron chi connectivity index (χ1n) is 5.11. The van der Waals surface area contributed by atoms with Crippen LogP contribution in [0.1, 0.15) is 20.3 Å². The molecule has 0 aliphatic carbocycles. The fraction of sp³-hybridized carbons (Fsp3) is 0.727. The summed E-state index contributed by atoms with van der Waals surface area (Å²) in [5.41, 5.74) is 0.225. The maximum absolute atomic E-state index is 11.1. The molecule has 1 heterocycles. The fourth-order valence-electron chi connectivity index (χ4n) is 1.52. The third-order valence-corrected chi connectivity index (χ3v) is 2.39. The van der Waals surface area contributed by atoms with Crippen molar-refractivity contribution in [1.82, 2.24) is 0 Å². The molecule has 1 unspecified atom stereocenters. The van der Waals surface area contributed by atoms with Gasteiger partial charge in [-0.1, -0.05) is 6.58 Å². The van der Waals surface area contributed by atoms with E-state index >= 15 is 0 Å². The largest absolute Gasteiger partial charge is 0.466 e. The molecule has 1 rings (SSSR count). The normalized spacial score (nSPS) is 25.1. The van der Waals surface area contributed by atoms with E-state index in [4.69, 9.17) is 9.47 Å². The number of esters is 1. The lowest BCUT2D eigenvalue weighted by molar-refractivity contribution is -0.151. The molecule has 1 saturated heterocycles. The second-order valence-corrected chi connectivity index (χ2v) is 4.23. The topological polar surface area (TPSA) is 65.0 Å². The number of carbonyl (C=O) groups is 1. The molecule has 5 heteroatoms. The monoisotopic (exact) mass is 230 g/mol. The summed E-state index contributed by atoms with van der Waals surface area (Å²) in [5.74, 6) is -1.20. The summed E-state index contributed by atoms with van der Waals surface area (Å²) in [6.07, 6.45) is -1.12. The average molecular weight is 230 g/mol. The highest BCUT2D eigenvalue weighted by Crippen LogP contribution is 2.26. The Kier molecular flexibility index (Phi) is 4.07. The van der Waals surface area contributed by atoms with Crippen LogP contribution in [0.4, 0.5) is 0 Å². The fourth-order valence-corrected chi connectivity index (χ4v) is 1.52. The van der Waals surface area contributed by atoms with Gasteiger partial charge in [-0.05, 0) is 13.8 Å². The van der Waals surface area contributed by atoms with Gasteiger partial charge in [0.2, 0.25) is 0 Å². The van der Waals surface area contributed by atoms with E-state index in [1.165, 1.54) is 7.11 Å². The molecule has 1 N–H and O–H groups in total. The van der Waals surface area contributed by atoms with Gasteiger partial charge in [-0.15, -0.1) is 0 Å². The Hall–Kier alpha value is -0.910. The molecule has 0 spiro atoms. The molecule has 0 aromatic rings. The van der Waals surface area contributed by atoms with Crippen molar-refractivity contribution in [1.29, 1.82) is 0 Å². The third-order valence-electron chi connectivity index (χ3n) is 2.39. The summed E-state index contributed by atoms with van der Waals surface area (Å²) in [7, 11) is 1.28. The van der Waals surface area contributed by atoms with E-state index in [2.05, 4.69) is 11.3 Å². The van der Waals surface area contributed by atoms with Crippen molar-refractivity contribution in [2.45, 2.75) is 38.3 Å². The van der Waals surface area contributed by atoms with Crippen LogP contribution in [-0.4, -0.2) is 42.8 Å². The second-order valence-electron chi connectivity index (χ2n) is 4.23. The second kappa shape index (κ2) is 4.95. The molecule has 5 nitrogen and oxygen atoms in total. The summed E-state index contributed by atoms with van der Waals surface area (Å²) >= 11 is 0. The minimum atomic E-state index is -0.812. The highest BCUT2D eigenvalue weighted by molar-refractivity contribution is 5.87. The van der Waals surface area contributed by atoms with Crippen molar-refractivity contribution in [2.75, 3.05) is 13.7 Å². The lowest BCUT2D eigenvalue weighted by Gasteiger charge is -2.20. The van der Waals surface area contributed by atoms with Crippen molar-refractivity contribution in [3.05, 3.63) is 12.2 Å². The molecule has 0 aromatic heterocycles. The van der Waals surface area contributed by atoms with Crippen LogP contribution in [-0.2, 0) is 19.0 Å². The Balaban J connectivity index is 2.45. The molecule has 0 bridgehead atoms. The van der Waals surface area contributed by atoms with Crippen molar-refractivity contribution in [3.8, 4) is 0 Å². The molecule has 1 fully saturated rings. The Labute approximate surface area is 95.0 Å². The molecule has 1 aliphatic heterocycles. The van der Waals surface area contributed by atoms with Gasteiger partial charge in [-0.25, -0.2) is 4.79 Å². The molecule has 2 atom stereocenters. The smallest absolute Gasteiger partial charge is 0.333 e. The maximum atomic E-state index is 11.1. The number of hydrogen-bond acceptors (Lipinski definition) is 5. The lowest BCUT2D eigenvalue weighted by atomic mass is 10.1. The van der Waals surface area contributed by atoms with Gasteiger partial charge in [0.25, 0.3) is 0 Å². The van der Waals surface area contributed by atoms with E-state index in [0.717, 1.165) is 0 Å². The number of aliphatic hydroxyl groups is 1. The van der Waals surface area contributed by atoms with Crippen molar-refractivity contribution >= 4 is 5.97 Å². The molecule has 0 radical (unpaired) electrons. The van der Waals surface area contributed by atoms with Crippen LogP contribution in [0.5, 0.6) is 0 Å². The van der Waals surface area contributed by atoms with Crippen LogP contribution in [0, 0.1) is 0 Å². The van der Waals surface area contributed by atoms with Crippen LogP contribution in [0.25, 0.3) is 0 Å². The first-order valence-corrected chi connectivity index (χ1v) is 5.11. The third kappa shape index (κ3) is 3.30.